The molecule has 1 N–H and O–H groups in total. The van der Waals surface area contributed by atoms with Crippen molar-refractivity contribution in [2.45, 2.75) is 20.8 Å². The number of nitrogens with one attached hydrogen (secondary N) is 1. The highest BCUT2D eigenvalue weighted by Gasteiger charge is 2.40. The lowest BCUT2D eigenvalue weighted by atomic mass is 9.89. The average Bonchev–Trinajstić information content (AvgIpc) is 2.62. The van der Waals surface area contributed by atoms with Crippen molar-refractivity contribution < 1.29 is 19.1 Å². The van der Waals surface area contributed by atoms with Crippen LogP contribution >= 0.6 is 0 Å². The zero-order valence-electron chi connectivity index (χ0n) is 15.9. The third-order valence-electron chi connectivity index (χ3n) is 4.56. The molecule has 0 atom stereocenters. The van der Waals surface area contributed by atoms with Crippen LogP contribution in [0.4, 0.5) is 5.69 Å². The van der Waals surface area contributed by atoms with Crippen LogP contribution in [0.5, 0.6) is 0 Å². The van der Waals surface area contributed by atoms with E-state index in [2.05, 4.69) is 10.2 Å². The van der Waals surface area contributed by atoms with Gasteiger partial charge in [0.25, 0.3) is 0 Å². The van der Waals surface area contributed by atoms with Crippen molar-refractivity contribution in [3.63, 3.8) is 0 Å². The lowest BCUT2D eigenvalue weighted by Crippen LogP contribution is -2.53. The van der Waals surface area contributed by atoms with Crippen LogP contribution in [0.25, 0.3) is 0 Å². The first-order valence-electron chi connectivity index (χ1n) is 8.83. The number of anilines is 1. The highest BCUT2D eigenvalue weighted by molar-refractivity contribution is 6.11. The van der Waals surface area contributed by atoms with Gasteiger partial charge in [0, 0.05) is 26.2 Å². The van der Waals surface area contributed by atoms with Gasteiger partial charge in [-0.05, 0) is 40.0 Å². The molecule has 1 aromatic carbocycles. The fourth-order valence-corrected chi connectivity index (χ4v) is 2.76. The number of likely N-dealkylation sites (N-methyl/N-ethyl adjacent to an activating group) is 1. The second-order valence-corrected chi connectivity index (χ2v) is 6.94. The molecule has 0 saturated carbocycles. The summed E-state index contributed by atoms with van der Waals surface area (Å²) in [7, 11) is 2.01. The Balaban J connectivity index is 2.13. The number of ether oxygens (including phenoxy) is 1. The van der Waals surface area contributed by atoms with E-state index in [1.807, 2.05) is 7.05 Å². The summed E-state index contributed by atoms with van der Waals surface area (Å²) in [6, 6.07) is 6.62. The van der Waals surface area contributed by atoms with Gasteiger partial charge in [0.1, 0.15) is 5.41 Å². The average molecular weight is 361 g/mol. The summed E-state index contributed by atoms with van der Waals surface area (Å²) in [5, 5.41) is 2.72. The van der Waals surface area contributed by atoms with E-state index in [4.69, 9.17) is 4.74 Å². The van der Waals surface area contributed by atoms with Crippen LogP contribution in [0.15, 0.2) is 24.3 Å². The Kier molecular flexibility index (Phi) is 6.37. The van der Waals surface area contributed by atoms with Crippen molar-refractivity contribution in [1.29, 1.82) is 0 Å². The number of rotatable bonds is 5. The van der Waals surface area contributed by atoms with Gasteiger partial charge in [0.2, 0.25) is 11.8 Å². The smallest absolute Gasteiger partial charge is 0.340 e. The molecule has 1 aliphatic heterocycles. The zero-order valence-corrected chi connectivity index (χ0v) is 15.9. The minimum absolute atomic E-state index is 0.211. The predicted molar refractivity (Wildman–Crippen MR) is 98.9 cm³/mol. The number of nitrogens with zero attached hydrogens (tertiary/aromatic N) is 2. The number of benzene rings is 1. The van der Waals surface area contributed by atoms with Crippen LogP contribution in [-0.2, 0) is 14.3 Å². The third kappa shape index (κ3) is 4.40. The first-order valence-corrected chi connectivity index (χ1v) is 8.83. The van der Waals surface area contributed by atoms with Gasteiger partial charge in [-0.2, -0.15) is 0 Å². The second-order valence-electron chi connectivity index (χ2n) is 6.94. The summed E-state index contributed by atoms with van der Waals surface area (Å²) in [5.41, 5.74) is -0.627. The van der Waals surface area contributed by atoms with Crippen molar-refractivity contribution in [2.24, 2.45) is 5.41 Å². The number of amides is 2. The SMILES string of the molecule is CCOC(=O)c1ccccc1NC(=O)C(C)(C)C(=O)N1CCN(C)CC1. The van der Waals surface area contributed by atoms with Gasteiger partial charge < -0.3 is 19.9 Å². The van der Waals surface area contributed by atoms with Gasteiger partial charge in [-0.25, -0.2) is 4.79 Å². The molecule has 0 unspecified atom stereocenters. The molecule has 142 valence electrons. The van der Waals surface area contributed by atoms with Gasteiger partial charge >= 0.3 is 5.97 Å². The first kappa shape index (κ1) is 19.9. The summed E-state index contributed by atoms with van der Waals surface area (Å²) in [5.74, 6) is -1.17. The first-order chi connectivity index (χ1) is 12.3. The van der Waals surface area contributed by atoms with Gasteiger partial charge in [-0.1, -0.05) is 12.1 Å². The quantitative estimate of drug-likeness (QED) is 0.637. The van der Waals surface area contributed by atoms with Crippen molar-refractivity contribution in [2.75, 3.05) is 45.2 Å². The maximum Gasteiger partial charge on any atom is 0.340 e. The lowest BCUT2D eigenvalue weighted by molar-refractivity contribution is -0.147. The number of para-hydroxylation sites is 1. The Morgan fingerprint density at radius 2 is 1.73 bits per heavy atom. The number of carbonyl (C=O) groups is 3. The maximum atomic E-state index is 12.8. The van der Waals surface area contributed by atoms with Crippen molar-refractivity contribution in [3.05, 3.63) is 29.8 Å². The molecule has 0 spiro atoms. The molecule has 0 radical (unpaired) electrons. The lowest BCUT2D eigenvalue weighted by Gasteiger charge is -2.36. The number of esters is 1. The Labute approximate surface area is 154 Å². The van der Waals surface area contributed by atoms with Crippen LogP contribution in [0.2, 0.25) is 0 Å². The fraction of sp³-hybridized carbons (Fsp3) is 0.526. The molecule has 0 aliphatic carbocycles. The number of hydrogen-bond donors (Lipinski definition) is 1. The molecule has 1 saturated heterocycles. The van der Waals surface area contributed by atoms with Gasteiger partial charge in [-0.3, -0.25) is 9.59 Å². The number of hydrogen-bond acceptors (Lipinski definition) is 5. The standard InChI is InChI=1S/C19H27N3O4/c1-5-26-16(23)14-8-6-7-9-15(14)20-17(24)19(2,3)18(25)22-12-10-21(4)11-13-22/h6-9H,5,10-13H2,1-4H3,(H,20,24). The molecule has 1 aliphatic rings. The highest BCUT2D eigenvalue weighted by Crippen LogP contribution is 2.24. The van der Waals surface area contributed by atoms with E-state index in [1.165, 1.54) is 0 Å². The van der Waals surface area contributed by atoms with Gasteiger partial charge in [0.15, 0.2) is 0 Å². The maximum absolute atomic E-state index is 12.8. The Bertz CT molecular complexity index is 679. The fourth-order valence-electron chi connectivity index (χ4n) is 2.76. The minimum Gasteiger partial charge on any atom is -0.462 e. The van der Waals surface area contributed by atoms with E-state index in [0.29, 0.717) is 18.8 Å². The Morgan fingerprint density at radius 3 is 2.35 bits per heavy atom. The third-order valence-corrected chi connectivity index (χ3v) is 4.56. The molecule has 1 fully saturated rings. The summed E-state index contributed by atoms with van der Waals surface area (Å²) < 4.78 is 5.02. The van der Waals surface area contributed by atoms with E-state index in [9.17, 15) is 14.4 Å². The van der Waals surface area contributed by atoms with E-state index in [-0.39, 0.29) is 18.1 Å². The van der Waals surface area contributed by atoms with E-state index < -0.39 is 17.3 Å². The monoisotopic (exact) mass is 361 g/mol. The Morgan fingerprint density at radius 1 is 1.12 bits per heavy atom. The summed E-state index contributed by atoms with van der Waals surface area (Å²) in [6.45, 7) is 7.96. The number of carbonyl (C=O) groups excluding carboxylic acids is 3. The topological polar surface area (TPSA) is 78.9 Å². The summed E-state index contributed by atoms with van der Waals surface area (Å²) >= 11 is 0. The van der Waals surface area contributed by atoms with Crippen molar-refractivity contribution >= 4 is 23.5 Å². The summed E-state index contributed by atoms with van der Waals surface area (Å²) in [6.07, 6.45) is 0. The molecule has 0 aromatic heterocycles. The van der Waals surface area contributed by atoms with Crippen LogP contribution in [0.1, 0.15) is 31.1 Å². The van der Waals surface area contributed by atoms with Crippen molar-refractivity contribution in [3.8, 4) is 0 Å². The zero-order chi connectivity index (χ0) is 19.3. The van der Waals surface area contributed by atoms with Crippen LogP contribution in [0, 0.1) is 5.41 Å². The largest absolute Gasteiger partial charge is 0.462 e. The molecular weight excluding hydrogens is 334 g/mol. The molecule has 1 aromatic rings. The molecule has 2 amide bonds. The molecule has 26 heavy (non-hydrogen) atoms. The van der Waals surface area contributed by atoms with Crippen molar-refractivity contribution in [1.82, 2.24) is 9.80 Å². The second kappa shape index (κ2) is 8.31. The molecule has 7 heteroatoms. The van der Waals surface area contributed by atoms with Crippen LogP contribution in [-0.4, -0.2) is 67.4 Å². The molecule has 1 heterocycles. The molecular formula is C19H27N3O4. The van der Waals surface area contributed by atoms with Gasteiger partial charge in [0.05, 0.1) is 17.9 Å². The Hall–Kier alpha value is -2.41. The van der Waals surface area contributed by atoms with E-state index >= 15 is 0 Å². The molecule has 2 rings (SSSR count). The number of piperazine rings is 1. The molecule has 7 nitrogen and oxygen atoms in total. The van der Waals surface area contributed by atoms with Crippen LogP contribution in [0.3, 0.4) is 0 Å². The van der Waals surface area contributed by atoms with E-state index in [0.717, 1.165) is 13.1 Å². The minimum atomic E-state index is -1.24. The van der Waals surface area contributed by atoms with Gasteiger partial charge in [-0.15, -0.1) is 0 Å². The predicted octanol–water partition coefficient (Wildman–Crippen LogP) is 1.60. The highest BCUT2D eigenvalue weighted by atomic mass is 16.5. The molecule has 0 bridgehead atoms. The van der Waals surface area contributed by atoms with E-state index in [1.54, 1.807) is 49.9 Å². The van der Waals surface area contributed by atoms with Crippen LogP contribution < -0.4 is 5.32 Å². The normalized spacial score (nSPS) is 15.5. The summed E-state index contributed by atoms with van der Waals surface area (Å²) in [4.78, 5) is 41.5.